The maximum Gasteiger partial charge on any atom is 0.326 e. The van der Waals surface area contributed by atoms with E-state index in [4.69, 9.17) is 10.8 Å². The number of nitrogens with two attached hydrogens (primary N) is 1. The highest BCUT2D eigenvalue weighted by Crippen LogP contribution is 2.01. The molecule has 0 aromatic heterocycles. The lowest BCUT2D eigenvalue weighted by molar-refractivity contribution is -0.142. The van der Waals surface area contributed by atoms with E-state index in [1.54, 1.807) is 0 Å². The van der Waals surface area contributed by atoms with Crippen molar-refractivity contribution in [3.05, 3.63) is 0 Å². The molecule has 0 radical (unpaired) electrons. The molecule has 2 atom stereocenters. The summed E-state index contributed by atoms with van der Waals surface area (Å²) in [5, 5.41) is 11.3. The van der Waals surface area contributed by atoms with Crippen molar-refractivity contribution in [2.24, 2.45) is 5.73 Å². The van der Waals surface area contributed by atoms with Gasteiger partial charge in [-0.05, 0) is 26.2 Å². The Morgan fingerprint density at radius 1 is 1.38 bits per heavy atom. The molecule has 0 aromatic carbocycles. The average molecular weight is 230 g/mol. The molecule has 0 heterocycles. The first-order valence-corrected chi connectivity index (χ1v) is 5.75. The molecule has 4 N–H and O–H groups in total. The number of hydrogen-bond acceptors (Lipinski definition) is 3. The van der Waals surface area contributed by atoms with Gasteiger partial charge < -0.3 is 16.2 Å². The van der Waals surface area contributed by atoms with Crippen LogP contribution in [0.3, 0.4) is 0 Å². The summed E-state index contributed by atoms with van der Waals surface area (Å²) in [5.41, 5.74) is 5.55. The van der Waals surface area contributed by atoms with Crippen LogP contribution in [0.25, 0.3) is 0 Å². The molecule has 0 rings (SSSR count). The second-order valence-electron chi connectivity index (χ2n) is 4.12. The third-order valence-electron chi connectivity index (χ3n) is 2.27. The fourth-order valence-corrected chi connectivity index (χ4v) is 1.40. The number of rotatable bonds is 8. The largest absolute Gasteiger partial charge is 0.480 e. The number of amides is 1. The van der Waals surface area contributed by atoms with Gasteiger partial charge in [-0.3, -0.25) is 4.79 Å². The van der Waals surface area contributed by atoms with Crippen molar-refractivity contribution >= 4 is 11.9 Å². The summed E-state index contributed by atoms with van der Waals surface area (Å²) in [6.07, 6.45) is 3.02. The topological polar surface area (TPSA) is 92.4 Å². The third-order valence-corrected chi connectivity index (χ3v) is 2.27. The Morgan fingerprint density at radius 2 is 2.00 bits per heavy atom. The van der Waals surface area contributed by atoms with E-state index in [0.717, 1.165) is 12.8 Å². The minimum Gasteiger partial charge on any atom is -0.480 e. The van der Waals surface area contributed by atoms with E-state index in [-0.39, 0.29) is 11.9 Å². The van der Waals surface area contributed by atoms with Crippen molar-refractivity contribution in [1.82, 2.24) is 5.32 Å². The number of carboxylic acids is 1. The molecule has 0 aliphatic carbocycles. The van der Waals surface area contributed by atoms with Crippen LogP contribution in [-0.2, 0) is 9.59 Å². The maximum atomic E-state index is 11.4. The standard InChI is InChI=1S/C11H22N2O3/c1-3-5-9(11(15)16)13-10(14)7-4-6-8(2)12/h8-9H,3-7,12H2,1-2H3,(H,13,14)(H,15,16). The molecule has 94 valence electrons. The zero-order valence-electron chi connectivity index (χ0n) is 10.0. The molecule has 0 fully saturated rings. The molecule has 0 aromatic rings. The van der Waals surface area contributed by atoms with Gasteiger partial charge in [0.1, 0.15) is 6.04 Å². The van der Waals surface area contributed by atoms with Gasteiger partial charge in [0, 0.05) is 12.5 Å². The van der Waals surface area contributed by atoms with Crippen LogP contribution in [0.1, 0.15) is 46.0 Å². The fraction of sp³-hybridized carbons (Fsp3) is 0.818. The van der Waals surface area contributed by atoms with Crippen LogP contribution in [-0.4, -0.2) is 29.1 Å². The van der Waals surface area contributed by atoms with Crippen LogP contribution in [0, 0.1) is 0 Å². The summed E-state index contributed by atoms with van der Waals surface area (Å²) >= 11 is 0. The zero-order valence-corrected chi connectivity index (χ0v) is 10.0. The van der Waals surface area contributed by atoms with Gasteiger partial charge in [-0.2, -0.15) is 0 Å². The molecule has 2 unspecified atom stereocenters. The number of carboxylic acid groups (broad SMARTS) is 1. The van der Waals surface area contributed by atoms with Crippen molar-refractivity contribution in [3.63, 3.8) is 0 Å². The first-order chi connectivity index (χ1) is 7.47. The fourth-order valence-electron chi connectivity index (χ4n) is 1.40. The lowest BCUT2D eigenvalue weighted by atomic mass is 10.1. The van der Waals surface area contributed by atoms with E-state index in [1.165, 1.54) is 0 Å². The summed E-state index contributed by atoms with van der Waals surface area (Å²) in [4.78, 5) is 22.2. The lowest BCUT2D eigenvalue weighted by Gasteiger charge is -2.13. The van der Waals surface area contributed by atoms with E-state index in [0.29, 0.717) is 19.3 Å². The number of nitrogens with one attached hydrogen (secondary N) is 1. The van der Waals surface area contributed by atoms with Crippen molar-refractivity contribution in [3.8, 4) is 0 Å². The van der Waals surface area contributed by atoms with Crippen LogP contribution in [0.2, 0.25) is 0 Å². The molecule has 1 amide bonds. The van der Waals surface area contributed by atoms with Crippen LogP contribution < -0.4 is 11.1 Å². The SMILES string of the molecule is CCCC(NC(=O)CCCC(C)N)C(=O)O. The molecule has 0 aliphatic rings. The normalized spacial score (nSPS) is 14.2. The summed E-state index contributed by atoms with van der Waals surface area (Å²) in [6, 6.07) is -0.675. The lowest BCUT2D eigenvalue weighted by Crippen LogP contribution is -2.40. The molecule has 0 spiro atoms. The predicted octanol–water partition coefficient (Wildman–Crippen LogP) is 0.873. The Morgan fingerprint density at radius 3 is 2.44 bits per heavy atom. The maximum absolute atomic E-state index is 11.4. The summed E-state index contributed by atoms with van der Waals surface area (Å²) in [6.45, 7) is 3.77. The Hall–Kier alpha value is -1.10. The van der Waals surface area contributed by atoms with Gasteiger partial charge in [0.05, 0.1) is 0 Å². The average Bonchev–Trinajstić information content (AvgIpc) is 2.16. The Bertz CT molecular complexity index is 229. The number of aliphatic carboxylic acids is 1. The Kier molecular flexibility index (Phi) is 7.54. The van der Waals surface area contributed by atoms with Gasteiger partial charge in [-0.25, -0.2) is 4.79 Å². The monoisotopic (exact) mass is 230 g/mol. The van der Waals surface area contributed by atoms with E-state index in [2.05, 4.69) is 5.32 Å². The van der Waals surface area contributed by atoms with E-state index in [1.807, 2.05) is 13.8 Å². The van der Waals surface area contributed by atoms with Crippen LogP contribution >= 0.6 is 0 Å². The summed E-state index contributed by atoms with van der Waals surface area (Å²) in [5.74, 6) is -1.18. The third kappa shape index (κ3) is 7.23. The van der Waals surface area contributed by atoms with Gasteiger partial charge in [-0.1, -0.05) is 13.3 Å². The molecular formula is C11H22N2O3. The van der Waals surface area contributed by atoms with E-state index < -0.39 is 12.0 Å². The van der Waals surface area contributed by atoms with Gasteiger partial charge in [-0.15, -0.1) is 0 Å². The van der Waals surface area contributed by atoms with E-state index >= 15 is 0 Å². The van der Waals surface area contributed by atoms with Crippen molar-refractivity contribution < 1.29 is 14.7 Å². The molecule has 0 aliphatic heterocycles. The second-order valence-corrected chi connectivity index (χ2v) is 4.12. The van der Waals surface area contributed by atoms with Crippen molar-refractivity contribution in [1.29, 1.82) is 0 Å². The van der Waals surface area contributed by atoms with Gasteiger partial charge >= 0.3 is 5.97 Å². The highest BCUT2D eigenvalue weighted by molar-refractivity contribution is 5.83. The van der Waals surface area contributed by atoms with Crippen LogP contribution in [0.4, 0.5) is 0 Å². The molecule has 0 saturated carbocycles. The summed E-state index contributed by atoms with van der Waals surface area (Å²) < 4.78 is 0. The summed E-state index contributed by atoms with van der Waals surface area (Å²) in [7, 11) is 0. The van der Waals surface area contributed by atoms with Crippen molar-refractivity contribution in [2.45, 2.75) is 58.0 Å². The molecule has 0 saturated heterocycles. The Balaban J connectivity index is 3.86. The molecule has 16 heavy (non-hydrogen) atoms. The van der Waals surface area contributed by atoms with E-state index in [9.17, 15) is 9.59 Å². The molecule has 5 heteroatoms. The van der Waals surface area contributed by atoms with Crippen molar-refractivity contribution in [2.75, 3.05) is 0 Å². The van der Waals surface area contributed by atoms with Gasteiger partial charge in [0.15, 0.2) is 0 Å². The first kappa shape index (κ1) is 14.9. The molecule has 0 bridgehead atoms. The number of carbonyl (C=O) groups is 2. The van der Waals surface area contributed by atoms with Crippen LogP contribution in [0.15, 0.2) is 0 Å². The molecule has 5 nitrogen and oxygen atoms in total. The van der Waals surface area contributed by atoms with Gasteiger partial charge in [0.25, 0.3) is 0 Å². The Labute approximate surface area is 96.4 Å². The van der Waals surface area contributed by atoms with Gasteiger partial charge in [0.2, 0.25) is 5.91 Å². The molecular weight excluding hydrogens is 208 g/mol. The highest BCUT2D eigenvalue weighted by atomic mass is 16.4. The highest BCUT2D eigenvalue weighted by Gasteiger charge is 2.18. The first-order valence-electron chi connectivity index (χ1n) is 5.75. The smallest absolute Gasteiger partial charge is 0.326 e. The quantitative estimate of drug-likeness (QED) is 0.577. The van der Waals surface area contributed by atoms with Crippen LogP contribution in [0.5, 0.6) is 0 Å². The predicted molar refractivity (Wildman–Crippen MR) is 62.0 cm³/mol. The second kappa shape index (κ2) is 8.10. The zero-order chi connectivity index (χ0) is 12.6. The minimum absolute atomic E-state index is 0.0821. The minimum atomic E-state index is -0.970. The number of carbonyl (C=O) groups excluding carboxylic acids is 1. The number of hydrogen-bond donors (Lipinski definition) is 3.